The van der Waals surface area contributed by atoms with Crippen molar-refractivity contribution in [3.63, 3.8) is 0 Å². The van der Waals surface area contributed by atoms with Crippen molar-refractivity contribution in [1.29, 1.82) is 0 Å². The first-order valence-electron chi connectivity index (χ1n) is 10.5. The van der Waals surface area contributed by atoms with Crippen molar-refractivity contribution in [2.75, 3.05) is 47.0 Å². The van der Waals surface area contributed by atoms with Gasteiger partial charge in [-0.25, -0.2) is 8.42 Å². The van der Waals surface area contributed by atoms with Gasteiger partial charge in [0.1, 0.15) is 22.1 Å². The summed E-state index contributed by atoms with van der Waals surface area (Å²) in [5, 5.41) is 2.13. The van der Waals surface area contributed by atoms with Gasteiger partial charge in [0, 0.05) is 32.2 Å². The SMILES string of the molecule is COc1ccc(OC)c(S(=O)(=O)N2CCN(C(=O)COc3ccc4ccccc4c3)CC2)c1. The number of amides is 1. The van der Waals surface area contributed by atoms with E-state index in [-0.39, 0.29) is 49.3 Å². The molecule has 8 nitrogen and oxygen atoms in total. The highest BCUT2D eigenvalue weighted by Gasteiger charge is 2.32. The summed E-state index contributed by atoms with van der Waals surface area (Å²) >= 11 is 0. The third-order valence-corrected chi connectivity index (χ3v) is 7.58. The van der Waals surface area contributed by atoms with Crippen LogP contribution in [0.25, 0.3) is 10.8 Å². The zero-order valence-electron chi connectivity index (χ0n) is 18.6. The zero-order chi connectivity index (χ0) is 23.4. The first-order valence-corrected chi connectivity index (χ1v) is 12.0. The lowest BCUT2D eigenvalue weighted by Crippen LogP contribution is -2.51. The summed E-state index contributed by atoms with van der Waals surface area (Å²) in [5.41, 5.74) is 0. The second-order valence-electron chi connectivity index (χ2n) is 7.60. The van der Waals surface area contributed by atoms with Gasteiger partial charge in [0.2, 0.25) is 10.0 Å². The Hall–Kier alpha value is -3.30. The number of methoxy groups -OCH3 is 2. The van der Waals surface area contributed by atoms with E-state index < -0.39 is 10.0 Å². The molecule has 3 aromatic rings. The quantitative estimate of drug-likeness (QED) is 0.528. The second kappa shape index (κ2) is 9.68. The van der Waals surface area contributed by atoms with E-state index >= 15 is 0 Å². The van der Waals surface area contributed by atoms with Crippen LogP contribution < -0.4 is 14.2 Å². The third-order valence-electron chi connectivity index (χ3n) is 5.66. The minimum atomic E-state index is -3.80. The van der Waals surface area contributed by atoms with E-state index in [4.69, 9.17) is 14.2 Å². The summed E-state index contributed by atoms with van der Waals surface area (Å²) in [6.45, 7) is 0.834. The fraction of sp³-hybridized carbons (Fsp3) is 0.292. The first kappa shape index (κ1) is 22.9. The number of nitrogens with zero attached hydrogens (tertiary/aromatic N) is 2. The highest BCUT2D eigenvalue weighted by Crippen LogP contribution is 2.31. The maximum absolute atomic E-state index is 13.2. The van der Waals surface area contributed by atoms with Gasteiger partial charge in [-0.1, -0.05) is 30.3 Å². The van der Waals surface area contributed by atoms with Crippen LogP contribution in [0.15, 0.2) is 65.6 Å². The summed E-state index contributed by atoms with van der Waals surface area (Å²) in [5.74, 6) is 1.11. The van der Waals surface area contributed by atoms with E-state index in [1.165, 1.54) is 24.6 Å². The maximum Gasteiger partial charge on any atom is 0.260 e. The predicted molar refractivity (Wildman–Crippen MR) is 124 cm³/mol. The number of carbonyl (C=O) groups is 1. The summed E-state index contributed by atoms with van der Waals surface area (Å²) in [6, 6.07) is 18.3. The molecule has 0 N–H and O–H groups in total. The van der Waals surface area contributed by atoms with Crippen molar-refractivity contribution in [1.82, 2.24) is 9.21 Å². The number of ether oxygens (including phenoxy) is 3. The van der Waals surface area contributed by atoms with Crippen LogP contribution in [0.3, 0.4) is 0 Å². The molecule has 1 saturated heterocycles. The number of fused-ring (bicyclic) bond motifs is 1. The van der Waals surface area contributed by atoms with E-state index in [1.807, 2.05) is 42.5 Å². The lowest BCUT2D eigenvalue weighted by atomic mass is 10.1. The number of rotatable bonds is 7. The van der Waals surface area contributed by atoms with E-state index in [1.54, 1.807) is 17.0 Å². The number of hydrogen-bond acceptors (Lipinski definition) is 6. The molecule has 1 aliphatic rings. The van der Waals surface area contributed by atoms with Gasteiger partial charge < -0.3 is 19.1 Å². The monoisotopic (exact) mass is 470 g/mol. The molecule has 0 unspecified atom stereocenters. The van der Waals surface area contributed by atoms with E-state index in [0.717, 1.165) is 10.8 Å². The molecule has 0 atom stereocenters. The van der Waals surface area contributed by atoms with Gasteiger partial charge in [-0.15, -0.1) is 0 Å². The molecule has 0 spiro atoms. The number of carbonyl (C=O) groups excluding carboxylic acids is 1. The van der Waals surface area contributed by atoms with Crippen molar-refractivity contribution in [3.8, 4) is 17.2 Å². The van der Waals surface area contributed by atoms with Crippen molar-refractivity contribution >= 4 is 26.7 Å². The molecular formula is C24H26N2O6S. The van der Waals surface area contributed by atoms with Crippen LogP contribution in [-0.2, 0) is 14.8 Å². The molecule has 174 valence electrons. The maximum atomic E-state index is 13.2. The highest BCUT2D eigenvalue weighted by molar-refractivity contribution is 7.89. The number of piperazine rings is 1. The van der Waals surface area contributed by atoms with Crippen LogP contribution in [0.5, 0.6) is 17.2 Å². The predicted octanol–water partition coefficient (Wildman–Crippen LogP) is 2.77. The summed E-state index contributed by atoms with van der Waals surface area (Å²) < 4.78 is 43.8. The Morgan fingerprint density at radius 3 is 2.24 bits per heavy atom. The Balaban J connectivity index is 1.37. The molecule has 1 aliphatic heterocycles. The summed E-state index contributed by atoms with van der Waals surface area (Å²) in [4.78, 5) is 14.3. The van der Waals surface area contributed by atoms with Crippen molar-refractivity contribution < 1.29 is 27.4 Å². The molecule has 33 heavy (non-hydrogen) atoms. The number of sulfonamides is 1. The number of hydrogen-bond donors (Lipinski definition) is 0. The number of benzene rings is 3. The Bertz CT molecular complexity index is 1250. The Labute approximate surface area is 193 Å². The molecule has 0 radical (unpaired) electrons. The van der Waals surface area contributed by atoms with Gasteiger partial charge in [0.05, 0.1) is 14.2 Å². The van der Waals surface area contributed by atoms with Crippen LogP contribution in [0.4, 0.5) is 0 Å². The molecule has 0 saturated carbocycles. The minimum Gasteiger partial charge on any atom is -0.497 e. The van der Waals surface area contributed by atoms with Crippen molar-refractivity contribution in [2.45, 2.75) is 4.90 Å². The van der Waals surface area contributed by atoms with Crippen molar-refractivity contribution in [3.05, 3.63) is 60.7 Å². The largest absolute Gasteiger partial charge is 0.497 e. The van der Waals surface area contributed by atoms with Crippen LogP contribution >= 0.6 is 0 Å². The molecule has 3 aromatic carbocycles. The third kappa shape index (κ3) is 4.89. The van der Waals surface area contributed by atoms with Crippen molar-refractivity contribution in [2.24, 2.45) is 0 Å². The molecule has 9 heteroatoms. The van der Waals surface area contributed by atoms with E-state index in [0.29, 0.717) is 11.5 Å². The molecular weight excluding hydrogens is 444 g/mol. The molecule has 0 bridgehead atoms. The van der Waals surface area contributed by atoms with Gasteiger partial charge in [0.15, 0.2) is 6.61 Å². The Morgan fingerprint density at radius 2 is 1.55 bits per heavy atom. The molecule has 1 heterocycles. The molecule has 0 aromatic heterocycles. The van der Waals surface area contributed by atoms with Gasteiger partial charge in [-0.2, -0.15) is 4.31 Å². The van der Waals surface area contributed by atoms with Crippen LogP contribution in [0.1, 0.15) is 0 Å². The normalized spacial score (nSPS) is 14.8. The Kier molecular flexibility index (Phi) is 6.71. The van der Waals surface area contributed by atoms with Gasteiger partial charge in [-0.05, 0) is 35.0 Å². The summed E-state index contributed by atoms with van der Waals surface area (Å²) in [7, 11) is -0.905. The second-order valence-corrected chi connectivity index (χ2v) is 9.51. The first-order chi connectivity index (χ1) is 15.9. The lowest BCUT2D eigenvalue weighted by molar-refractivity contribution is -0.134. The fourth-order valence-corrected chi connectivity index (χ4v) is 5.39. The molecule has 1 fully saturated rings. The van der Waals surface area contributed by atoms with Crippen LogP contribution in [-0.4, -0.2) is 70.5 Å². The van der Waals surface area contributed by atoms with Crippen LogP contribution in [0.2, 0.25) is 0 Å². The summed E-state index contributed by atoms with van der Waals surface area (Å²) in [6.07, 6.45) is 0. The fourth-order valence-electron chi connectivity index (χ4n) is 3.80. The Morgan fingerprint density at radius 1 is 0.848 bits per heavy atom. The smallest absolute Gasteiger partial charge is 0.260 e. The molecule has 4 rings (SSSR count). The molecule has 0 aliphatic carbocycles. The van der Waals surface area contributed by atoms with Gasteiger partial charge in [-0.3, -0.25) is 4.79 Å². The van der Waals surface area contributed by atoms with E-state index in [9.17, 15) is 13.2 Å². The highest BCUT2D eigenvalue weighted by atomic mass is 32.2. The average Bonchev–Trinajstić information content (AvgIpc) is 2.86. The zero-order valence-corrected chi connectivity index (χ0v) is 19.4. The van der Waals surface area contributed by atoms with E-state index in [2.05, 4.69) is 0 Å². The van der Waals surface area contributed by atoms with Crippen LogP contribution in [0, 0.1) is 0 Å². The lowest BCUT2D eigenvalue weighted by Gasteiger charge is -2.34. The van der Waals surface area contributed by atoms with Gasteiger partial charge in [0.25, 0.3) is 5.91 Å². The molecule has 1 amide bonds. The topological polar surface area (TPSA) is 85.4 Å². The average molecular weight is 471 g/mol. The standard InChI is InChI=1S/C24H26N2O6S/c1-30-20-9-10-22(31-2)23(16-20)33(28,29)26-13-11-25(12-14-26)24(27)17-32-21-8-7-18-5-3-4-6-19(18)15-21/h3-10,15-16H,11-14,17H2,1-2H3. The van der Waals surface area contributed by atoms with Gasteiger partial charge >= 0.3 is 0 Å². The minimum absolute atomic E-state index is 0.0452.